The van der Waals surface area contributed by atoms with Gasteiger partial charge in [-0.3, -0.25) is 0 Å². The normalized spacial score (nSPS) is 9.33. The molecule has 1 aromatic rings. The summed E-state index contributed by atoms with van der Waals surface area (Å²) in [6.07, 6.45) is -2.32. The fourth-order valence-electron chi connectivity index (χ4n) is 0.659. The number of nitrogens with two attached hydrogens (primary N) is 1. The lowest BCUT2D eigenvalue weighted by molar-refractivity contribution is 0.127. The average molecular weight is 245 g/mol. The summed E-state index contributed by atoms with van der Waals surface area (Å²) < 4.78 is 8.41. The van der Waals surface area contributed by atoms with E-state index in [1.807, 2.05) is 30.3 Å². The van der Waals surface area contributed by atoms with Crippen molar-refractivity contribution in [3.8, 4) is 0 Å². The lowest BCUT2D eigenvalue weighted by Crippen LogP contribution is -2.17. The molecule has 0 saturated carbocycles. The number of carbonyl (C=O) groups excluding carboxylic acids is 2. The van der Waals surface area contributed by atoms with Gasteiger partial charge in [0.2, 0.25) is 0 Å². The standard InChI is InChI=1S/C8H7NO4S2/c9-7(10)12-8(11)13-15-14-6-4-2-1-3-5-6/h1-5H,(H2,9,10). The lowest BCUT2D eigenvalue weighted by atomic mass is 10.4. The van der Waals surface area contributed by atoms with E-state index in [2.05, 4.69) is 14.7 Å². The minimum absolute atomic E-state index is 0.791. The summed E-state index contributed by atoms with van der Waals surface area (Å²) in [7, 11) is 1.22. The molecule has 1 aromatic carbocycles. The first kappa shape index (κ1) is 11.7. The summed E-state index contributed by atoms with van der Waals surface area (Å²) in [5.41, 5.74) is 4.60. The third-order valence-electron chi connectivity index (χ3n) is 1.16. The van der Waals surface area contributed by atoms with Gasteiger partial charge >= 0.3 is 12.2 Å². The van der Waals surface area contributed by atoms with Crippen LogP contribution in [0.3, 0.4) is 0 Å². The molecule has 0 heterocycles. The van der Waals surface area contributed by atoms with Crippen molar-refractivity contribution in [2.24, 2.45) is 5.73 Å². The molecule has 0 aliphatic heterocycles. The van der Waals surface area contributed by atoms with Crippen LogP contribution in [-0.2, 0) is 8.92 Å². The molecule has 0 aromatic heterocycles. The summed E-state index contributed by atoms with van der Waals surface area (Å²) in [4.78, 5) is 21.7. The molecule has 80 valence electrons. The second-order valence-corrected chi connectivity index (χ2v) is 4.07. The van der Waals surface area contributed by atoms with Crippen molar-refractivity contribution >= 4 is 34.1 Å². The van der Waals surface area contributed by atoms with Crippen molar-refractivity contribution in [1.82, 2.24) is 0 Å². The van der Waals surface area contributed by atoms with Crippen LogP contribution in [-0.4, -0.2) is 12.2 Å². The highest BCUT2D eigenvalue weighted by atomic mass is 33.1. The predicted octanol–water partition coefficient (Wildman–Crippen LogP) is 2.57. The van der Waals surface area contributed by atoms with E-state index in [0.29, 0.717) is 0 Å². The van der Waals surface area contributed by atoms with E-state index in [4.69, 9.17) is 0 Å². The van der Waals surface area contributed by atoms with E-state index in [9.17, 15) is 9.59 Å². The molecule has 1 amide bonds. The number of carbonyl (C=O) groups is 2. The van der Waals surface area contributed by atoms with Crippen molar-refractivity contribution in [3.05, 3.63) is 30.3 Å². The maximum absolute atomic E-state index is 10.7. The van der Waals surface area contributed by atoms with Crippen LogP contribution < -0.4 is 5.73 Å². The van der Waals surface area contributed by atoms with Gasteiger partial charge in [-0.2, -0.15) is 0 Å². The van der Waals surface area contributed by atoms with Gasteiger partial charge in [0.05, 0.1) is 0 Å². The molecule has 2 N–H and O–H groups in total. The van der Waals surface area contributed by atoms with Crippen LogP contribution in [0, 0.1) is 0 Å². The van der Waals surface area contributed by atoms with Gasteiger partial charge in [-0.25, -0.2) is 9.59 Å². The molecule has 15 heavy (non-hydrogen) atoms. The smallest absolute Gasteiger partial charge is 0.347 e. The number of ether oxygens (including phenoxy) is 1. The molecule has 0 fully saturated rings. The van der Waals surface area contributed by atoms with Crippen molar-refractivity contribution < 1.29 is 18.5 Å². The monoisotopic (exact) mass is 245 g/mol. The molecule has 0 spiro atoms. The molecule has 7 heteroatoms. The number of benzene rings is 1. The fraction of sp³-hybridized carbons (Fsp3) is 0. The Kier molecular flexibility index (Phi) is 4.85. The van der Waals surface area contributed by atoms with Crippen molar-refractivity contribution in [3.63, 3.8) is 0 Å². The highest BCUT2D eigenvalue weighted by Gasteiger charge is 2.08. The summed E-state index contributed by atoms with van der Waals surface area (Å²) in [6, 6.07) is 9.27. The molecule has 5 nitrogen and oxygen atoms in total. The van der Waals surface area contributed by atoms with E-state index in [-0.39, 0.29) is 0 Å². The molecular formula is C8H7NO4S2. The lowest BCUT2D eigenvalue weighted by Gasteiger charge is -1.99. The Morgan fingerprint density at radius 1 is 1.20 bits per heavy atom. The minimum Gasteiger partial charge on any atom is -0.347 e. The van der Waals surface area contributed by atoms with Crippen molar-refractivity contribution in [2.45, 2.75) is 4.90 Å². The van der Waals surface area contributed by atoms with E-state index >= 15 is 0 Å². The van der Waals surface area contributed by atoms with Crippen molar-refractivity contribution in [2.75, 3.05) is 0 Å². The molecule has 0 unspecified atom stereocenters. The number of hydrogen-bond donors (Lipinski definition) is 1. The molecule has 0 atom stereocenters. The number of amides is 1. The van der Waals surface area contributed by atoms with E-state index in [1.54, 1.807) is 0 Å². The Labute approximate surface area is 93.9 Å². The zero-order valence-electron chi connectivity index (χ0n) is 7.41. The number of hydrogen-bond acceptors (Lipinski definition) is 6. The van der Waals surface area contributed by atoms with Gasteiger partial charge < -0.3 is 14.7 Å². The third-order valence-corrected chi connectivity index (χ3v) is 2.88. The van der Waals surface area contributed by atoms with E-state index in [1.165, 1.54) is 10.8 Å². The third kappa shape index (κ3) is 5.18. The van der Waals surface area contributed by atoms with Crippen molar-refractivity contribution in [1.29, 1.82) is 0 Å². The highest BCUT2D eigenvalue weighted by molar-refractivity contribution is 8.75. The Morgan fingerprint density at radius 3 is 2.47 bits per heavy atom. The van der Waals surface area contributed by atoms with Crippen LogP contribution >= 0.6 is 21.9 Å². The molecule has 0 saturated heterocycles. The van der Waals surface area contributed by atoms with E-state index < -0.39 is 12.2 Å². The number of primary amides is 1. The van der Waals surface area contributed by atoms with Gasteiger partial charge in [-0.15, -0.1) is 0 Å². The van der Waals surface area contributed by atoms with Gasteiger partial charge in [0.25, 0.3) is 0 Å². The molecule has 0 aliphatic rings. The topological polar surface area (TPSA) is 78.6 Å². The first-order chi connectivity index (χ1) is 7.18. The largest absolute Gasteiger partial charge is 0.530 e. The van der Waals surface area contributed by atoms with Gasteiger partial charge in [0.1, 0.15) is 11.1 Å². The molecule has 1 rings (SSSR count). The summed E-state index contributed by atoms with van der Waals surface area (Å²) >= 11 is 0.791. The molecule has 0 aliphatic carbocycles. The van der Waals surface area contributed by atoms with Gasteiger partial charge in [-0.1, -0.05) is 18.2 Å². The van der Waals surface area contributed by atoms with Crippen LogP contribution in [0.5, 0.6) is 0 Å². The summed E-state index contributed by atoms with van der Waals surface area (Å²) in [6.45, 7) is 0. The second-order valence-electron chi connectivity index (χ2n) is 2.22. The average Bonchev–Trinajstić information content (AvgIpc) is 2.18. The molecule has 0 bridgehead atoms. The zero-order chi connectivity index (χ0) is 11.1. The Balaban J connectivity index is 2.22. The minimum atomic E-state index is -1.19. The summed E-state index contributed by atoms with van der Waals surface area (Å²) in [5.74, 6) is 0. The van der Waals surface area contributed by atoms with Gasteiger partial charge in [0, 0.05) is 4.90 Å². The first-order valence-corrected chi connectivity index (χ1v) is 5.83. The molecular weight excluding hydrogens is 238 g/mol. The van der Waals surface area contributed by atoms with Crippen LogP contribution in [0.25, 0.3) is 0 Å². The Morgan fingerprint density at radius 2 is 1.87 bits per heavy atom. The second kappa shape index (κ2) is 6.20. The maximum atomic E-state index is 10.7. The molecule has 0 radical (unpaired) electrons. The van der Waals surface area contributed by atoms with Crippen LogP contribution in [0.15, 0.2) is 35.2 Å². The highest BCUT2D eigenvalue weighted by Crippen LogP contribution is 2.31. The van der Waals surface area contributed by atoms with E-state index in [0.717, 1.165) is 16.0 Å². The predicted molar refractivity (Wildman–Crippen MR) is 57.0 cm³/mol. The van der Waals surface area contributed by atoms with Gasteiger partial charge in [-0.05, 0) is 22.9 Å². The Bertz CT molecular complexity index is 344. The van der Waals surface area contributed by atoms with Crippen LogP contribution in [0.1, 0.15) is 0 Å². The zero-order valence-corrected chi connectivity index (χ0v) is 9.05. The Hall–Kier alpha value is -1.34. The van der Waals surface area contributed by atoms with Crippen LogP contribution in [0.4, 0.5) is 9.59 Å². The first-order valence-electron chi connectivity index (χ1n) is 3.76. The summed E-state index contributed by atoms with van der Waals surface area (Å²) in [5, 5.41) is 0. The number of rotatable bonds is 3. The SMILES string of the molecule is NC(=O)OC(=O)OSSc1ccccc1. The van der Waals surface area contributed by atoms with Gasteiger partial charge in [0.15, 0.2) is 0 Å². The van der Waals surface area contributed by atoms with Crippen LogP contribution in [0.2, 0.25) is 0 Å². The quantitative estimate of drug-likeness (QED) is 0.381. The fourth-order valence-corrected chi connectivity index (χ4v) is 1.97. The maximum Gasteiger partial charge on any atom is 0.530 e.